The van der Waals surface area contributed by atoms with Gasteiger partial charge < -0.3 is 5.11 Å². The number of rotatable bonds is 4. The van der Waals surface area contributed by atoms with Crippen LogP contribution in [0.15, 0.2) is 35.5 Å². The van der Waals surface area contributed by atoms with Crippen LogP contribution in [0.25, 0.3) is 5.69 Å². The van der Waals surface area contributed by atoms with Crippen molar-refractivity contribution >= 4 is 16.0 Å². The normalized spacial score (nSPS) is 19.4. The van der Waals surface area contributed by atoms with Crippen LogP contribution in [-0.2, 0) is 14.8 Å². The van der Waals surface area contributed by atoms with E-state index in [-0.39, 0.29) is 18.0 Å². The highest BCUT2D eigenvalue weighted by Gasteiger charge is 2.35. The lowest BCUT2D eigenvalue weighted by atomic mass is 10.1. The number of carboxylic acid groups (broad SMARTS) is 1. The van der Waals surface area contributed by atoms with Crippen LogP contribution >= 0.6 is 0 Å². The van der Waals surface area contributed by atoms with E-state index in [0.717, 1.165) is 0 Å². The van der Waals surface area contributed by atoms with E-state index in [1.165, 1.54) is 27.4 Å². The van der Waals surface area contributed by atoms with Crippen molar-refractivity contribution in [3.8, 4) is 5.69 Å². The maximum absolute atomic E-state index is 12.6. The SMILES string of the molecule is O=C(O)C1CCN(S(=O)(=O)c2cccc(-n3cnnn3)c2)C1. The molecule has 1 N–H and O–H groups in total. The Morgan fingerprint density at radius 1 is 1.36 bits per heavy atom. The fourth-order valence-corrected chi connectivity index (χ4v) is 3.90. The molecule has 1 aliphatic heterocycles. The molecule has 1 unspecified atom stereocenters. The Labute approximate surface area is 126 Å². The monoisotopic (exact) mass is 323 g/mol. The molecule has 22 heavy (non-hydrogen) atoms. The minimum Gasteiger partial charge on any atom is -0.481 e. The molecule has 1 aliphatic rings. The third-order valence-corrected chi connectivity index (χ3v) is 5.43. The average Bonchev–Trinajstić information content (AvgIpc) is 3.19. The number of tetrazole rings is 1. The van der Waals surface area contributed by atoms with Crippen LogP contribution in [0.4, 0.5) is 0 Å². The highest BCUT2D eigenvalue weighted by Crippen LogP contribution is 2.25. The van der Waals surface area contributed by atoms with Crippen molar-refractivity contribution in [2.45, 2.75) is 11.3 Å². The number of sulfonamides is 1. The Hall–Kier alpha value is -2.33. The average molecular weight is 323 g/mol. The summed E-state index contributed by atoms with van der Waals surface area (Å²) >= 11 is 0. The highest BCUT2D eigenvalue weighted by atomic mass is 32.2. The van der Waals surface area contributed by atoms with Crippen LogP contribution in [0.2, 0.25) is 0 Å². The zero-order valence-corrected chi connectivity index (χ0v) is 12.2. The predicted octanol–water partition coefficient (Wildman–Crippen LogP) is -0.243. The van der Waals surface area contributed by atoms with Gasteiger partial charge in [-0.1, -0.05) is 6.07 Å². The van der Waals surface area contributed by atoms with Crippen LogP contribution in [0.3, 0.4) is 0 Å². The van der Waals surface area contributed by atoms with E-state index in [1.807, 2.05) is 0 Å². The molecular weight excluding hydrogens is 310 g/mol. The second kappa shape index (κ2) is 5.46. The minimum absolute atomic E-state index is 0.00717. The third kappa shape index (κ3) is 2.57. The summed E-state index contributed by atoms with van der Waals surface area (Å²) in [7, 11) is -3.73. The second-order valence-electron chi connectivity index (χ2n) is 4.94. The van der Waals surface area contributed by atoms with Gasteiger partial charge in [-0.3, -0.25) is 4.79 Å². The van der Waals surface area contributed by atoms with Gasteiger partial charge in [0.15, 0.2) is 0 Å². The Morgan fingerprint density at radius 3 is 2.82 bits per heavy atom. The van der Waals surface area contributed by atoms with Gasteiger partial charge in [-0.05, 0) is 35.0 Å². The lowest BCUT2D eigenvalue weighted by Gasteiger charge is -2.16. The Kier molecular flexibility index (Phi) is 3.62. The van der Waals surface area contributed by atoms with Crippen molar-refractivity contribution in [3.05, 3.63) is 30.6 Å². The Morgan fingerprint density at radius 2 is 2.18 bits per heavy atom. The third-order valence-electron chi connectivity index (χ3n) is 3.57. The van der Waals surface area contributed by atoms with Crippen molar-refractivity contribution in [2.24, 2.45) is 5.92 Å². The van der Waals surface area contributed by atoms with E-state index < -0.39 is 21.9 Å². The molecule has 2 heterocycles. The van der Waals surface area contributed by atoms with E-state index in [2.05, 4.69) is 15.5 Å². The zero-order valence-electron chi connectivity index (χ0n) is 11.4. The fraction of sp³-hybridized carbons (Fsp3) is 0.333. The van der Waals surface area contributed by atoms with Crippen molar-refractivity contribution in [3.63, 3.8) is 0 Å². The summed E-state index contributed by atoms with van der Waals surface area (Å²) in [6, 6.07) is 6.20. The van der Waals surface area contributed by atoms with E-state index in [0.29, 0.717) is 12.1 Å². The molecule has 1 saturated heterocycles. The van der Waals surface area contributed by atoms with Gasteiger partial charge in [-0.2, -0.15) is 4.31 Å². The summed E-state index contributed by atoms with van der Waals surface area (Å²) in [5.74, 6) is -1.63. The van der Waals surface area contributed by atoms with Gasteiger partial charge in [-0.15, -0.1) is 5.10 Å². The first-order valence-electron chi connectivity index (χ1n) is 6.55. The van der Waals surface area contributed by atoms with E-state index in [9.17, 15) is 13.2 Å². The maximum atomic E-state index is 12.6. The van der Waals surface area contributed by atoms with Crippen LogP contribution in [0.1, 0.15) is 6.42 Å². The maximum Gasteiger partial charge on any atom is 0.307 e. The van der Waals surface area contributed by atoms with Crippen molar-refractivity contribution < 1.29 is 18.3 Å². The molecule has 1 fully saturated rings. The highest BCUT2D eigenvalue weighted by molar-refractivity contribution is 7.89. The molecule has 9 nitrogen and oxygen atoms in total. The summed E-state index contributed by atoms with van der Waals surface area (Å²) in [6.45, 7) is 0.196. The first kappa shape index (κ1) is 14.6. The summed E-state index contributed by atoms with van der Waals surface area (Å²) < 4.78 is 27.7. The molecule has 0 saturated carbocycles. The predicted molar refractivity (Wildman–Crippen MR) is 73.7 cm³/mol. The largest absolute Gasteiger partial charge is 0.481 e. The molecule has 3 rings (SSSR count). The van der Waals surface area contributed by atoms with E-state index >= 15 is 0 Å². The molecule has 0 amide bonds. The van der Waals surface area contributed by atoms with Gasteiger partial charge >= 0.3 is 5.97 Å². The van der Waals surface area contributed by atoms with Crippen LogP contribution in [-0.4, -0.2) is 57.1 Å². The van der Waals surface area contributed by atoms with Crippen molar-refractivity contribution in [1.29, 1.82) is 0 Å². The Bertz CT molecular complexity index is 790. The standard InChI is InChI=1S/C12H13N5O4S/c18-12(19)9-4-5-16(7-9)22(20,21)11-3-1-2-10(6-11)17-8-13-14-15-17/h1-3,6,8-9H,4-5,7H2,(H,18,19). The van der Waals surface area contributed by atoms with Gasteiger partial charge in [0.1, 0.15) is 6.33 Å². The smallest absolute Gasteiger partial charge is 0.307 e. The molecule has 0 bridgehead atoms. The fourth-order valence-electron chi connectivity index (χ4n) is 2.36. The lowest BCUT2D eigenvalue weighted by Crippen LogP contribution is -2.30. The number of hydrogen-bond acceptors (Lipinski definition) is 6. The van der Waals surface area contributed by atoms with Gasteiger partial charge in [0, 0.05) is 13.1 Å². The number of nitrogens with zero attached hydrogens (tertiary/aromatic N) is 5. The molecule has 1 aromatic carbocycles. The number of carboxylic acids is 1. The van der Waals surface area contributed by atoms with Crippen LogP contribution in [0, 0.1) is 5.92 Å². The van der Waals surface area contributed by atoms with Gasteiger partial charge in [0.05, 0.1) is 16.5 Å². The van der Waals surface area contributed by atoms with E-state index in [4.69, 9.17) is 5.11 Å². The molecule has 116 valence electrons. The van der Waals surface area contributed by atoms with Gasteiger partial charge in [0.25, 0.3) is 0 Å². The van der Waals surface area contributed by atoms with Crippen molar-refractivity contribution in [2.75, 3.05) is 13.1 Å². The van der Waals surface area contributed by atoms with Crippen LogP contribution < -0.4 is 0 Å². The second-order valence-corrected chi connectivity index (χ2v) is 6.88. The first-order valence-corrected chi connectivity index (χ1v) is 7.99. The number of aromatic nitrogens is 4. The molecular formula is C12H13N5O4S. The van der Waals surface area contributed by atoms with Gasteiger partial charge in [0.2, 0.25) is 10.0 Å². The topological polar surface area (TPSA) is 118 Å². The van der Waals surface area contributed by atoms with Crippen LogP contribution in [0.5, 0.6) is 0 Å². The summed E-state index contributed by atoms with van der Waals surface area (Å²) in [5.41, 5.74) is 0.514. The molecule has 2 aromatic rings. The summed E-state index contributed by atoms with van der Waals surface area (Å²) in [5, 5.41) is 19.7. The zero-order chi connectivity index (χ0) is 15.7. The molecule has 1 atom stereocenters. The molecule has 10 heteroatoms. The molecule has 1 aromatic heterocycles. The van der Waals surface area contributed by atoms with E-state index in [1.54, 1.807) is 12.1 Å². The summed E-state index contributed by atoms with van der Waals surface area (Å²) in [6.07, 6.45) is 1.68. The number of carbonyl (C=O) groups is 1. The molecule has 0 spiro atoms. The van der Waals surface area contributed by atoms with Crippen molar-refractivity contribution in [1.82, 2.24) is 24.5 Å². The quantitative estimate of drug-likeness (QED) is 0.824. The van der Waals surface area contributed by atoms with Gasteiger partial charge in [-0.25, -0.2) is 13.1 Å². The number of benzene rings is 1. The number of hydrogen-bond donors (Lipinski definition) is 1. The number of aliphatic carboxylic acids is 1. The molecule has 0 radical (unpaired) electrons. The summed E-state index contributed by atoms with van der Waals surface area (Å²) in [4.78, 5) is 11.1. The minimum atomic E-state index is -3.73. The first-order chi connectivity index (χ1) is 10.5. The Balaban J connectivity index is 1.90. The molecule has 0 aliphatic carbocycles. The lowest BCUT2D eigenvalue weighted by molar-refractivity contribution is -0.141.